The number of aliphatic hydroxyl groups excluding tert-OH is 1. The molecule has 0 bridgehead atoms. The second-order valence-electron chi connectivity index (χ2n) is 3.31. The van der Waals surface area contributed by atoms with Crippen LogP contribution in [0.15, 0.2) is 24.3 Å². The third-order valence-electron chi connectivity index (χ3n) is 1.97. The monoisotopic (exact) mass is 195 g/mol. The minimum Gasteiger partial charge on any atom is -0.393 e. The summed E-state index contributed by atoms with van der Waals surface area (Å²) in [6.07, 6.45) is 0.926. The van der Waals surface area contributed by atoms with Gasteiger partial charge in [0, 0.05) is 12.1 Å². The standard InChI is InChI=1S/C10H13NO3/c1-8(12)5-6-9-3-2-4-10(7-9)11(13)14/h2-4,7-8,12H,5-6H2,1H3/t8-/m0/s1. The van der Waals surface area contributed by atoms with E-state index in [4.69, 9.17) is 5.11 Å². The van der Waals surface area contributed by atoms with Crippen molar-refractivity contribution in [1.29, 1.82) is 0 Å². The van der Waals surface area contributed by atoms with Crippen LogP contribution in [0.5, 0.6) is 0 Å². The first-order valence-corrected chi connectivity index (χ1v) is 4.51. The van der Waals surface area contributed by atoms with Gasteiger partial charge >= 0.3 is 0 Å². The minimum atomic E-state index is -0.411. The second kappa shape index (κ2) is 4.72. The average molecular weight is 195 g/mol. The summed E-state index contributed by atoms with van der Waals surface area (Å²) < 4.78 is 0. The van der Waals surface area contributed by atoms with Crippen molar-refractivity contribution in [3.8, 4) is 0 Å². The number of hydrogen-bond acceptors (Lipinski definition) is 3. The van der Waals surface area contributed by atoms with Gasteiger partial charge in [-0.05, 0) is 25.3 Å². The maximum Gasteiger partial charge on any atom is 0.269 e. The highest BCUT2D eigenvalue weighted by Gasteiger charge is 2.05. The summed E-state index contributed by atoms with van der Waals surface area (Å²) in [5.74, 6) is 0. The fraction of sp³-hybridized carbons (Fsp3) is 0.400. The van der Waals surface area contributed by atoms with Gasteiger partial charge in [-0.2, -0.15) is 0 Å². The minimum absolute atomic E-state index is 0.105. The highest BCUT2D eigenvalue weighted by molar-refractivity contribution is 5.34. The Kier molecular flexibility index (Phi) is 3.59. The van der Waals surface area contributed by atoms with Gasteiger partial charge in [0.25, 0.3) is 5.69 Å². The van der Waals surface area contributed by atoms with Crippen molar-refractivity contribution in [2.24, 2.45) is 0 Å². The van der Waals surface area contributed by atoms with Crippen molar-refractivity contribution < 1.29 is 10.0 Å². The summed E-state index contributed by atoms with van der Waals surface area (Å²) in [5, 5.41) is 19.5. The topological polar surface area (TPSA) is 63.4 Å². The summed E-state index contributed by atoms with van der Waals surface area (Å²) in [6.45, 7) is 1.71. The Morgan fingerprint density at radius 2 is 2.29 bits per heavy atom. The molecule has 0 radical (unpaired) electrons. The molecule has 0 unspecified atom stereocenters. The van der Waals surface area contributed by atoms with E-state index >= 15 is 0 Å². The molecule has 0 amide bonds. The normalized spacial score (nSPS) is 12.4. The van der Waals surface area contributed by atoms with Crippen LogP contribution in [-0.2, 0) is 6.42 Å². The Morgan fingerprint density at radius 3 is 2.86 bits per heavy atom. The highest BCUT2D eigenvalue weighted by atomic mass is 16.6. The van der Waals surface area contributed by atoms with Gasteiger partial charge in [-0.3, -0.25) is 10.1 Å². The molecule has 14 heavy (non-hydrogen) atoms. The average Bonchev–Trinajstić information content (AvgIpc) is 2.15. The molecule has 0 aliphatic heterocycles. The molecule has 0 aliphatic rings. The number of nitro benzene ring substituents is 1. The van der Waals surface area contributed by atoms with E-state index < -0.39 is 4.92 Å². The maximum atomic E-state index is 10.4. The van der Waals surface area contributed by atoms with E-state index in [0.29, 0.717) is 12.8 Å². The molecule has 0 aromatic heterocycles. The number of benzene rings is 1. The van der Waals surface area contributed by atoms with Crippen molar-refractivity contribution in [1.82, 2.24) is 0 Å². The molecular weight excluding hydrogens is 182 g/mol. The Bertz CT molecular complexity index is 323. The third-order valence-corrected chi connectivity index (χ3v) is 1.97. The lowest BCUT2D eigenvalue weighted by atomic mass is 10.1. The number of non-ortho nitro benzene ring substituents is 1. The van der Waals surface area contributed by atoms with Crippen LogP contribution in [0.3, 0.4) is 0 Å². The van der Waals surface area contributed by atoms with E-state index in [-0.39, 0.29) is 11.8 Å². The van der Waals surface area contributed by atoms with Crippen molar-refractivity contribution in [3.05, 3.63) is 39.9 Å². The predicted octanol–water partition coefficient (Wildman–Crippen LogP) is 1.91. The molecule has 0 saturated carbocycles. The van der Waals surface area contributed by atoms with Crippen LogP contribution >= 0.6 is 0 Å². The zero-order valence-corrected chi connectivity index (χ0v) is 8.01. The van der Waals surface area contributed by atoms with Crippen LogP contribution in [0.2, 0.25) is 0 Å². The molecule has 76 valence electrons. The number of aryl methyl sites for hydroxylation is 1. The molecule has 1 rings (SSSR count). The Hall–Kier alpha value is -1.42. The van der Waals surface area contributed by atoms with E-state index in [1.54, 1.807) is 19.1 Å². The van der Waals surface area contributed by atoms with Crippen LogP contribution in [0.25, 0.3) is 0 Å². The first-order chi connectivity index (χ1) is 6.59. The molecule has 1 atom stereocenters. The van der Waals surface area contributed by atoms with Crippen LogP contribution in [0, 0.1) is 10.1 Å². The van der Waals surface area contributed by atoms with Crippen LogP contribution in [0.4, 0.5) is 5.69 Å². The first kappa shape index (κ1) is 10.7. The van der Waals surface area contributed by atoms with Gasteiger partial charge in [-0.15, -0.1) is 0 Å². The van der Waals surface area contributed by atoms with Gasteiger partial charge in [-0.1, -0.05) is 12.1 Å². The molecule has 1 aromatic carbocycles. The summed E-state index contributed by atoms with van der Waals surface area (Å²) in [6, 6.07) is 6.50. The molecule has 0 aliphatic carbocycles. The zero-order chi connectivity index (χ0) is 10.6. The summed E-state index contributed by atoms with van der Waals surface area (Å²) in [5.41, 5.74) is 0.994. The zero-order valence-electron chi connectivity index (χ0n) is 8.01. The molecule has 0 spiro atoms. The summed E-state index contributed by atoms with van der Waals surface area (Å²) >= 11 is 0. The Balaban J connectivity index is 2.69. The third kappa shape index (κ3) is 3.14. The van der Waals surface area contributed by atoms with Crippen molar-refractivity contribution in [2.45, 2.75) is 25.9 Å². The molecular formula is C10H13NO3. The van der Waals surface area contributed by atoms with Gasteiger partial charge in [0.15, 0.2) is 0 Å². The van der Waals surface area contributed by atoms with E-state index in [1.807, 2.05) is 6.07 Å². The van der Waals surface area contributed by atoms with Gasteiger partial charge < -0.3 is 5.11 Å². The van der Waals surface area contributed by atoms with Gasteiger partial charge in [0.2, 0.25) is 0 Å². The maximum absolute atomic E-state index is 10.4. The molecule has 0 heterocycles. The first-order valence-electron chi connectivity index (χ1n) is 4.51. The Labute approximate surface area is 82.3 Å². The molecule has 0 saturated heterocycles. The lowest BCUT2D eigenvalue weighted by molar-refractivity contribution is -0.384. The fourth-order valence-corrected chi connectivity index (χ4v) is 1.20. The molecule has 4 nitrogen and oxygen atoms in total. The van der Waals surface area contributed by atoms with E-state index in [9.17, 15) is 10.1 Å². The van der Waals surface area contributed by atoms with Crippen molar-refractivity contribution >= 4 is 5.69 Å². The van der Waals surface area contributed by atoms with Crippen LogP contribution in [0.1, 0.15) is 18.9 Å². The SMILES string of the molecule is C[C@H](O)CCc1cccc([N+](=O)[O-])c1. The van der Waals surface area contributed by atoms with Crippen LogP contribution < -0.4 is 0 Å². The van der Waals surface area contributed by atoms with E-state index in [0.717, 1.165) is 5.56 Å². The largest absolute Gasteiger partial charge is 0.393 e. The fourth-order valence-electron chi connectivity index (χ4n) is 1.20. The van der Waals surface area contributed by atoms with Gasteiger partial charge in [0.1, 0.15) is 0 Å². The number of nitro groups is 1. The molecule has 1 aromatic rings. The van der Waals surface area contributed by atoms with Crippen LogP contribution in [-0.4, -0.2) is 16.1 Å². The van der Waals surface area contributed by atoms with E-state index in [2.05, 4.69) is 0 Å². The Morgan fingerprint density at radius 1 is 1.57 bits per heavy atom. The summed E-state index contributed by atoms with van der Waals surface area (Å²) in [7, 11) is 0. The lowest BCUT2D eigenvalue weighted by Crippen LogP contribution is -2.01. The molecule has 4 heteroatoms. The second-order valence-corrected chi connectivity index (χ2v) is 3.31. The van der Waals surface area contributed by atoms with Crippen molar-refractivity contribution in [3.63, 3.8) is 0 Å². The number of hydrogen-bond donors (Lipinski definition) is 1. The molecule has 1 N–H and O–H groups in total. The van der Waals surface area contributed by atoms with Crippen molar-refractivity contribution in [2.75, 3.05) is 0 Å². The quantitative estimate of drug-likeness (QED) is 0.589. The predicted molar refractivity (Wildman–Crippen MR) is 53.1 cm³/mol. The highest BCUT2D eigenvalue weighted by Crippen LogP contribution is 2.14. The van der Waals surface area contributed by atoms with Gasteiger partial charge in [0.05, 0.1) is 11.0 Å². The molecule has 0 fully saturated rings. The lowest BCUT2D eigenvalue weighted by Gasteiger charge is -2.03. The summed E-state index contributed by atoms with van der Waals surface area (Å²) in [4.78, 5) is 10.0. The number of aliphatic hydroxyl groups is 1. The number of rotatable bonds is 4. The van der Waals surface area contributed by atoms with E-state index in [1.165, 1.54) is 6.07 Å². The number of nitrogens with zero attached hydrogens (tertiary/aromatic N) is 1. The van der Waals surface area contributed by atoms with Gasteiger partial charge in [-0.25, -0.2) is 0 Å². The smallest absolute Gasteiger partial charge is 0.269 e.